The van der Waals surface area contributed by atoms with E-state index in [0.29, 0.717) is 6.54 Å². The summed E-state index contributed by atoms with van der Waals surface area (Å²) in [6, 6.07) is 16.3. The fraction of sp³-hybridized carbons (Fsp3) is 0.400. The number of para-hydroxylation sites is 1. The SMILES string of the molecule is CCn1cc(CN(C(=O)Nc2cccc(OC)c2)C2CCCCC2)c2ccccc21. The minimum absolute atomic E-state index is 0.0384. The summed E-state index contributed by atoms with van der Waals surface area (Å²) in [6.07, 6.45) is 7.97. The van der Waals surface area contributed by atoms with Gasteiger partial charge in [0.25, 0.3) is 0 Å². The zero-order chi connectivity index (χ0) is 20.9. The number of ether oxygens (including phenoxy) is 1. The third kappa shape index (κ3) is 4.30. The lowest BCUT2D eigenvalue weighted by atomic mass is 9.94. The average Bonchev–Trinajstić information content (AvgIpc) is 3.16. The van der Waals surface area contributed by atoms with Crippen molar-refractivity contribution in [1.29, 1.82) is 0 Å². The molecule has 0 unspecified atom stereocenters. The fourth-order valence-electron chi connectivity index (χ4n) is 4.55. The van der Waals surface area contributed by atoms with Gasteiger partial charge in [0.05, 0.1) is 7.11 Å². The maximum absolute atomic E-state index is 13.4. The number of hydrogen-bond acceptors (Lipinski definition) is 2. The highest BCUT2D eigenvalue weighted by Crippen LogP contribution is 2.28. The van der Waals surface area contributed by atoms with Gasteiger partial charge in [-0.3, -0.25) is 0 Å². The van der Waals surface area contributed by atoms with Crippen LogP contribution < -0.4 is 10.1 Å². The van der Waals surface area contributed by atoms with Crippen LogP contribution in [0.25, 0.3) is 10.9 Å². The van der Waals surface area contributed by atoms with Crippen LogP contribution in [0.15, 0.2) is 54.7 Å². The third-order valence-corrected chi connectivity index (χ3v) is 6.15. The second-order valence-corrected chi connectivity index (χ2v) is 8.04. The molecule has 3 aromatic rings. The molecule has 158 valence electrons. The normalized spacial score (nSPS) is 14.6. The molecule has 1 aliphatic carbocycles. The minimum atomic E-state index is -0.0384. The quantitative estimate of drug-likeness (QED) is 0.544. The molecule has 1 heterocycles. The van der Waals surface area contributed by atoms with Crippen LogP contribution in [-0.2, 0) is 13.1 Å². The summed E-state index contributed by atoms with van der Waals surface area (Å²) in [6.45, 7) is 3.69. The van der Waals surface area contributed by atoms with Crippen molar-refractivity contribution in [1.82, 2.24) is 9.47 Å². The molecule has 1 aromatic heterocycles. The summed E-state index contributed by atoms with van der Waals surface area (Å²) in [4.78, 5) is 15.4. The van der Waals surface area contributed by atoms with E-state index in [1.807, 2.05) is 29.2 Å². The first-order chi connectivity index (χ1) is 14.7. The highest BCUT2D eigenvalue weighted by Gasteiger charge is 2.27. The second-order valence-electron chi connectivity index (χ2n) is 8.04. The van der Waals surface area contributed by atoms with Gasteiger partial charge in [-0.05, 0) is 43.5 Å². The van der Waals surface area contributed by atoms with Crippen molar-refractivity contribution in [3.8, 4) is 5.75 Å². The fourth-order valence-corrected chi connectivity index (χ4v) is 4.55. The predicted octanol–water partition coefficient (Wildman–Crippen LogP) is 6.04. The molecule has 2 aromatic carbocycles. The summed E-state index contributed by atoms with van der Waals surface area (Å²) < 4.78 is 7.57. The van der Waals surface area contributed by atoms with Crippen molar-refractivity contribution in [3.05, 3.63) is 60.3 Å². The Morgan fingerprint density at radius 3 is 2.70 bits per heavy atom. The molecule has 0 bridgehead atoms. The Bertz CT molecular complexity index is 1000. The molecule has 0 aliphatic heterocycles. The van der Waals surface area contributed by atoms with Crippen molar-refractivity contribution < 1.29 is 9.53 Å². The highest BCUT2D eigenvalue weighted by atomic mass is 16.5. The highest BCUT2D eigenvalue weighted by molar-refractivity contribution is 5.90. The van der Waals surface area contributed by atoms with E-state index < -0.39 is 0 Å². The van der Waals surface area contributed by atoms with Crippen LogP contribution in [0.4, 0.5) is 10.5 Å². The largest absolute Gasteiger partial charge is 0.497 e. The number of benzene rings is 2. The molecule has 4 rings (SSSR count). The molecular weight excluding hydrogens is 374 g/mol. The molecule has 0 saturated heterocycles. The van der Waals surface area contributed by atoms with E-state index in [1.165, 1.54) is 35.7 Å². The minimum Gasteiger partial charge on any atom is -0.497 e. The lowest BCUT2D eigenvalue weighted by Crippen LogP contribution is -2.43. The molecule has 1 N–H and O–H groups in total. The van der Waals surface area contributed by atoms with Gasteiger partial charge in [0.2, 0.25) is 0 Å². The van der Waals surface area contributed by atoms with Gasteiger partial charge >= 0.3 is 6.03 Å². The number of aromatic nitrogens is 1. The molecule has 0 radical (unpaired) electrons. The number of aryl methyl sites for hydroxylation is 1. The van der Waals surface area contributed by atoms with Crippen molar-refractivity contribution in [3.63, 3.8) is 0 Å². The zero-order valence-corrected chi connectivity index (χ0v) is 17.9. The molecule has 5 heteroatoms. The second kappa shape index (κ2) is 9.24. The van der Waals surface area contributed by atoms with Gasteiger partial charge in [-0.2, -0.15) is 0 Å². The maximum Gasteiger partial charge on any atom is 0.322 e. The standard InChI is InChI=1S/C25H31N3O2/c1-3-27-17-19(23-14-7-8-15-24(23)27)18-28(21-11-5-4-6-12-21)25(29)26-20-10-9-13-22(16-20)30-2/h7-10,13-17,21H,3-6,11-12,18H2,1-2H3,(H,26,29). The van der Waals surface area contributed by atoms with Crippen LogP contribution in [0.5, 0.6) is 5.75 Å². The summed E-state index contributed by atoms with van der Waals surface area (Å²) >= 11 is 0. The van der Waals surface area contributed by atoms with Crippen LogP contribution >= 0.6 is 0 Å². The van der Waals surface area contributed by atoms with E-state index in [1.54, 1.807) is 7.11 Å². The van der Waals surface area contributed by atoms with Gasteiger partial charge in [0, 0.05) is 48.0 Å². The number of urea groups is 1. The molecule has 30 heavy (non-hydrogen) atoms. The Hall–Kier alpha value is -2.95. The van der Waals surface area contributed by atoms with E-state index in [2.05, 4.69) is 47.3 Å². The van der Waals surface area contributed by atoms with E-state index in [4.69, 9.17) is 4.74 Å². The molecule has 1 fully saturated rings. The number of methoxy groups -OCH3 is 1. The van der Waals surface area contributed by atoms with E-state index in [-0.39, 0.29) is 12.1 Å². The van der Waals surface area contributed by atoms with E-state index >= 15 is 0 Å². The molecule has 1 saturated carbocycles. The summed E-state index contributed by atoms with van der Waals surface area (Å²) in [5, 5.41) is 4.33. The Balaban J connectivity index is 1.62. The summed E-state index contributed by atoms with van der Waals surface area (Å²) in [5.41, 5.74) is 3.20. The van der Waals surface area contributed by atoms with Gasteiger partial charge in [0.1, 0.15) is 5.75 Å². The number of hydrogen-bond donors (Lipinski definition) is 1. The van der Waals surface area contributed by atoms with Crippen molar-refractivity contribution in [2.24, 2.45) is 0 Å². The lowest BCUT2D eigenvalue weighted by molar-refractivity contribution is 0.163. The average molecular weight is 406 g/mol. The summed E-state index contributed by atoms with van der Waals surface area (Å²) in [5.74, 6) is 0.739. The first kappa shape index (κ1) is 20.3. The first-order valence-electron chi connectivity index (χ1n) is 11.0. The Labute approximate surface area is 178 Å². The van der Waals surface area contributed by atoms with Crippen molar-refractivity contribution in [2.75, 3.05) is 12.4 Å². The lowest BCUT2D eigenvalue weighted by Gasteiger charge is -2.34. The summed E-state index contributed by atoms with van der Waals surface area (Å²) in [7, 11) is 1.64. The Kier molecular flexibility index (Phi) is 6.26. The van der Waals surface area contributed by atoms with Crippen LogP contribution in [0, 0.1) is 0 Å². The number of fused-ring (bicyclic) bond motifs is 1. The van der Waals surface area contributed by atoms with E-state index in [0.717, 1.165) is 30.8 Å². The van der Waals surface area contributed by atoms with Crippen LogP contribution in [0.1, 0.15) is 44.6 Å². The van der Waals surface area contributed by atoms with Gasteiger partial charge in [-0.1, -0.05) is 43.5 Å². The number of nitrogens with one attached hydrogen (secondary N) is 1. The van der Waals surface area contributed by atoms with Gasteiger partial charge in [0.15, 0.2) is 0 Å². The monoisotopic (exact) mass is 405 g/mol. The smallest absolute Gasteiger partial charge is 0.322 e. The number of amides is 2. The Morgan fingerprint density at radius 1 is 1.13 bits per heavy atom. The van der Waals surface area contributed by atoms with Crippen LogP contribution in [0.3, 0.4) is 0 Å². The number of carbonyl (C=O) groups is 1. The number of carbonyl (C=O) groups excluding carboxylic acids is 1. The van der Waals surface area contributed by atoms with Crippen molar-refractivity contribution >= 4 is 22.6 Å². The third-order valence-electron chi connectivity index (χ3n) is 6.15. The van der Waals surface area contributed by atoms with Gasteiger partial charge in [-0.15, -0.1) is 0 Å². The molecule has 0 spiro atoms. The molecule has 0 atom stereocenters. The van der Waals surface area contributed by atoms with Gasteiger partial charge in [-0.25, -0.2) is 4.79 Å². The zero-order valence-electron chi connectivity index (χ0n) is 17.9. The molecule has 1 aliphatic rings. The number of anilines is 1. The van der Waals surface area contributed by atoms with E-state index in [9.17, 15) is 4.79 Å². The Morgan fingerprint density at radius 2 is 1.93 bits per heavy atom. The van der Waals surface area contributed by atoms with Gasteiger partial charge < -0.3 is 19.5 Å². The topological polar surface area (TPSA) is 46.5 Å². The number of rotatable bonds is 6. The van der Waals surface area contributed by atoms with Crippen LogP contribution in [-0.4, -0.2) is 28.6 Å². The van der Waals surface area contributed by atoms with Crippen molar-refractivity contribution in [2.45, 2.75) is 58.2 Å². The maximum atomic E-state index is 13.4. The predicted molar refractivity (Wildman–Crippen MR) is 122 cm³/mol. The van der Waals surface area contributed by atoms with Crippen LogP contribution in [0.2, 0.25) is 0 Å². The number of nitrogens with zero attached hydrogens (tertiary/aromatic N) is 2. The molecule has 5 nitrogen and oxygen atoms in total. The molecular formula is C25H31N3O2. The first-order valence-corrected chi connectivity index (χ1v) is 11.0. The molecule has 2 amide bonds.